The third kappa shape index (κ3) is 1.97. The molecule has 5 heteroatoms. The minimum absolute atomic E-state index is 0.0198. The van der Waals surface area contributed by atoms with E-state index in [9.17, 15) is 4.79 Å². The second kappa shape index (κ2) is 4.35. The van der Waals surface area contributed by atoms with Gasteiger partial charge in [0.15, 0.2) is 0 Å². The number of likely N-dealkylation sites (tertiary alicyclic amines) is 1. The van der Waals surface area contributed by atoms with Crippen LogP contribution in [0.4, 0.5) is 0 Å². The fourth-order valence-electron chi connectivity index (χ4n) is 1.85. The molecular formula is C10H13N3O2. The number of amides is 1. The van der Waals surface area contributed by atoms with E-state index in [0.717, 1.165) is 12.8 Å². The highest BCUT2D eigenvalue weighted by molar-refractivity contribution is 5.92. The Bertz CT molecular complexity index is 342. The average Bonchev–Trinajstić information content (AvgIpc) is 2.77. The number of hydrogen-bond acceptors (Lipinski definition) is 4. The van der Waals surface area contributed by atoms with Gasteiger partial charge in [-0.25, -0.2) is 4.98 Å². The number of rotatable bonds is 2. The highest BCUT2D eigenvalue weighted by atomic mass is 16.3. The summed E-state index contributed by atoms with van der Waals surface area (Å²) >= 11 is 0. The van der Waals surface area contributed by atoms with Gasteiger partial charge in [-0.15, -0.1) is 0 Å². The molecular weight excluding hydrogens is 194 g/mol. The van der Waals surface area contributed by atoms with Crippen LogP contribution < -0.4 is 0 Å². The molecule has 0 radical (unpaired) electrons. The van der Waals surface area contributed by atoms with Crippen molar-refractivity contribution < 1.29 is 9.90 Å². The fourth-order valence-corrected chi connectivity index (χ4v) is 1.85. The van der Waals surface area contributed by atoms with Gasteiger partial charge in [0.2, 0.25) is 0 Å². The van der Waals surface area contributed by atoms with Crippen LogP contribution in [0.15, 0.2) is 18.6 Å². The minimum atomic E-state index is -0.139. The summed E-state index contributed by atoms with van der Waals surface area (Å²) in [5.41, 5.74) is 0.345. The predicted octanol–water partition coefficient (Wildman–Crippen LogP) is 0.0735. The third-order valence-electron chi connectivity index (χ3n) is 2.63. The molecule has 1 saturated heterocycles. The van der Waals surface area contributed by atoms with Crippen molar-refractivity contribution in [3.8, 4) is 0 Å². The molecule has 1 aromatic rings. The van der Waals surface area contributed by atoms with Crippen LogP contribution >= 0.6 is 0 Å². The van der Waals surface area contributed by atoms with Crippen molar-refractivity contribution in [2.24, 2.45) is 0 Å². The van der Waals surface area contributed by atoms with Crippen molar-refractivity contribution in [1.29, 1.82) is 0 Å². The Labute approximate surface area is 87.8 Å². The van der Waals surface area contributed by atoms with E-state index < -0.39 is 0 Å². The van der Waals surface area contributed by atoms with E-state index in [1.165, 1.54) is 18.6 Å². The molecule has 1 aliphatic heterocycles. The lowest BCUT2D eigenvalue weighted by Crippen LogP contribution is -2.38. The zero-order chi connectivity index (χ0) is 10.7. The number of hydrogen-bond donors (Lipinski definition) is 1. The van der Waals surface area contributed by atoms with Crippen molar-refractivity contribution in [3.63, 3.8) is 0 Å². The molecule has 80 valence electrons. The highest BCUT2D eigenvalue weighted by Gasteiger charge is 2.29. The fraction of sp³-hybridized carbons (Fsp3) is 0.500. The maximum absolute atomic E-state index is 11.9. The lowest BCUT2D eigenvalue weighted by atomic mass is 10.2. The summed E-state index contributed by atoms with van der Waals surface area (Å²) in [6.07, 6.45) is 6.29. The first-order valence-electron chi connectivity index (χ1n) is 5.01. The van der Waals surface area contributed by atoms with Crippen molar-refractivity contribution in [3.05, 3.63) is 24.3 Å². The average molecular weight is 207 g/mol. The Hall–Kier alpha value is -1.49. The lowest BCUT2D eigenvalue weighted by Gasteiger charge is -2.22. The van der Waals surface area contributed by atoms with E-state index >= 15 is 0 Å². The normalized spacial score (nSPS) is 20.6. The Morgan fingerprint density at radius 2 is 2.47 bits per heavy atom. The van der Waals surface area contributed by atoms with Crippen LogP contribution in [0.3, 0.4) is 0 Å². The van der Waals surface area contributed by atoms with Crippen LogP contribution in [0.25, 0.3) is 0 Å². The van der Waals surface area contributed by atoms with Crippen molar-refractivity contribution in [1.82, 2.24) is 14.9 Å². The van der Waals surface area contributed by atoms with Gasteiger partial charge in [-0.1, -0.05) is 0 Å². The predicted molar refractivity (Wildman–Crippen MR) is 53.2 cm³/mol. The Kier molecular flexibility index (Phi) is 2.91. The second-order valence-corrected chi connectivity index (χ2v) is 3.57. The number of carbonyl (C=O) groups excluding carboxylic acids is 1. The van der Waals surface area contributed by atoms with E-state index in [4.69, 9.17) is 5.11 Å². The summed E-state index contributed by atoms with van der Waals surface area (Å²) in [7, 11) is 0. The van der Waals surface area contributed by atoms with Crippen LogP contribution in [-0.2, 0) is 0 Å². The molecule has 0 aliphatic carbocycles. The smallest absolute Gasteiger partial charge is 0.274 e. The largest absolute Gasteiger partial charge is 0.394 e. The number of nitrogens with zero attached hydrogens (tertiary/aromatic N) is 3. The Balaban J connectivity index is 2.14. The van der Waals surface area contributed by atoms with E-state index in [2.05, 4.69) is 9.97 Å². The molecule has 0 bridgehead atoms. The first-order chi connectivity index (χ1) is 7.33. The summed E-state index contributed by atoms with van der Waals surface area (Å²) in [4.78, 5) is 21.4. The van der Waals surface area contributed by atoms with Crippen molar-refractivity contribution >= 4 is 5.91 Å². The molecule has 1 aromatic heterocycles. The van der Waals surface area contributed by atoms with E-state index in [1.54, 1.807) is 4.90 Å². The van der Waals surface area contributed by atoms with Gasteiger partial charge in [0, 0.05) is 18.9 Å². The number of carbonyl (C=O) groups is 1. The van der Waals surface area contributed by atoms with Gasteiger partial charge < -0.3 is 10.0 Å². The molecule has 0 spiro atoms. The third-order valence-corrected chi connectivity index (χ3v) is 2.63. The molecule has 2 rings (SSSR count). The SMILES string of the molecule is O=C(c1cnccn1)N1CCC[C@H]1CO. The van der Waals surface area contributed by atoms with Gasteiger partial charge in [0.05, 0.1) is 18.8 Å². The van der Waals surface area contributed by atoms with Crippen LogP contribution in [0.1, 0.15) is 23.3 Å². The van der Waals surface area contributed by atoms with Gasteiger partial charge in [0.25, 0.3) is 5.91 Å². The highest BCUT2D eigenvalue weighted by Crippen LogP contribution is 2.18. The van der Waals surface area contributed by atoms with E-state index in [-0.39, 0.29) is 18.6 Å². The standard InChI is InChI=1S/C10H13N3O2/c14-7-8-2-1-5-13(8)10(15)9-6-11-3-4-12-9/h3-4,6,8,14H,1-2,5,7H2/t8-/m0/s1. The maximum Gasteiger partial charge on any atom is 0.274 e. The molecule has 1 N–H and O–H groups in total. The van der Waals surface area contributed by atoms with Gasteiger partial charge in [-0.3, -0.25) is 9.78 Å². The molecule has 0 unspecified atom stereocenters. The molecule has 0 aromatic carbocycles. The molecule has 1 aliphatic rings. The van der Waals surface area contributed by atoms with Gasteiger partial charge in [-0.05, 0) is 12.8 Å². The van der Waals surface area contributed by atoms with E-state index in [1.807, 2.05) is 0 Å². The molecule has 0 saturated carbocycles. The summed E-state index contributed by atoms with van der Waals surface area (Å²) in [6, 6.07) is -0.0560. The quantitative estimate of drug-likeness (QED) is 0.745. The first-order valence-corrected chi connectivity index (χ1v) is 5.01. The summed E-state index contributed by atoms with van der Waals surface area (Å²) in [5, 5.41) is 9.10. The molecule has 2 heterocycles. The number of aliphatic hydroxyl groups is 1. The summed E-state index contributed by atoms with van der Waals surface area (Å²) in [6.45, 7) is 0.715. The van der Waals surface area contributed by atoms with Crippen molar-refractivity contribution in [2.45, 2.75) is 18.9 Å². The van der Waals surface area contributed by atoms with Crippen LogP contribution in [-0.4, -0.2) is 45.1 Å². The van der Waals surface area contributed by atoms with Gasteiger partial charge >= 0.3 is 0 Å². The Morgan fingerprint density at radius 1 is 1.60 bits per heavy atom. The topological polar surface area (TPSA) is 66.3 Å². The van der Waals surface area contributed by atoms with E-state index in [0.29, 0.717) is 12.2 Å². The molecule has 1 atom stereocenters. The molecule has 15 heavy (non-hydrogen) atoms. The number of aliphatic hydroxyl groups excluding tert-OH is 1. The molecule has 1 amide bonds. The van der Waals surface area contributed by atoms with Crippen LogP contribution in [0, 0.1) is 0 Å². The molecule has 1 fully saturated rings. The zero-order valence-corrected chi connectivity index (χ0v) is 8.33. The number of aromatic nitrogens is 2. The second-order valence-electron chi connectivity index (χ2n) is 3.57. The first kappa shape index (κ1) is 10.0. The maximum atomic E-state index is 11.9. The van der Waals surface area contributed by atoms with Crippen LogP contribution in [0.2, 0.25) is 0 Å². The molecule has 5 nitrogen and oxygen atoms in total. The van der Waals surface area contributed by atoms with Crippen molar-refractivity contribution in [2.75, 3.05) is 13.2 Å². The zero-order valence-electron chi connectivity index (χ0n) is 8.33. The minimum Gasteiger partial charge on any atom is -0.394 e. The lowest BCUT2D eigenvalue weighted by molar-refractivity contribution is 0.0671. The van der Waals surface area contributed by atoms with Crippen LogP contribution in [0.5, 0.6) is 0 Å². The Morgan fingerprint density at radius 3 is 3.13 bits per heavy atom. The summed E-state index contributed by atoms with van der Waals surface area (Å²) in [5.74, 6) is -0.139. The van der Waals surface area contributed by atoms with Gasteiger partial charge in [0.1, 0.15) is 5.69 Å². The van der Waals surface area contributed by atoms with Gasteiger partial charge in [-0.2, -0.15) is 0 Å². The summed E-state index contributed by atoms with van der Waals surface area (Å²) < 4.78 is 0. The monoisotopic (exact) mass is 207 g/mol.